The van der Waals surface area contributed by atoms with Crippen LogP contribution in [0.15, 0.2) is 30.3 Å². The zero-order valence-electron chi connectivity index (χ0n) is 11.1. The van der Waals surface area contributed by atoms with Crippen molar-refractivity contribution in [2.24, 2.45) is 0 Å². The number of benzene rings is 2. The Labute approximate surface area is 118 Å². The van der Waals surface area contributed by atoms with Crippen molar-refractivity contribution >= 4 is 22.4 Å². The van der Waals surface area contributed by atoms with Crippen LogP contribution in [0.5, 0.6) is 5.75 Å². The van der Waals surface area contributed by atoms with Gasteiger partial charge in [0.2, 0.25) is 0 Å². The van der Waals surface area contributed by atoms with Gasteiger partial charge >= 0.3 is 0 Å². The summed E-state index contributed by atoms with van der Waals surface area (Å²) in [7, 11) is 0. The Bertz CT molecular complexity index is 597. The van der Waals surface area contributed by atoms with Gasteiger partial charge in [-0.1, -0.05) is 42.8 Å². The number of hydrogen-bond donors (Lipinski definition) is 1. The molecule has 0 amide bonds. The van der Waals surface area contributed by atoms with E-state index in [1.165, 1.54) is 5.56 Å². The Kier molecular flexibility index (Phi) is 3.63. The highest BCUT2D eigenvalue weighted by atomic mass is 35.5. The first-order chi connectivity index (χ1) is 9.31. The molecule has 0 fully saturated rings. The third-order valence-electron chi connectivity index (χ3n) is 3.68. The van der Waals surface area contributed by atoms with Gasteiger partial charge in [0.25, 0.3) is 0 Å². The molecule has 2 nitrogen and oxygen atoms in total. The molecule has 2 aromatic carbocycles. The maximum absolute atomic E-state index is 6.43. The van der Waals surface area contributed by atoms with Crippen LogP contribution in [0.1, 0.15) is 31.4 Å². The van der Waals surface area contributed by atoms with Gasteiger partial charge in [-0.05, 0) is 25.5 Å². The molecular weight excluding hydrogens is 258 g/mol. The Morgan fingerprint density at radius 1 is 1.32 bits per heavy atom. The summed E-state index contributed by atoms with van der Waals surface area (Å²) >= 11 is 6.43. The van der Waals surface area contributed by atoms with Crippen molar-refractivity contribution in [3.05, 3.63) is 40.9 Å². The Morgan fingerprint density at radius 2 is 2.11 bits per heavy atom. The minimum Gasteiger partial charge on any atom is -0.493 e. The summed E-state index contributed by atoms with van der Waals surface area (Å²) in [6.07, 6.45) is 2.16. The molecule has 0 aromatic heterocycles. The fourth-order valence-electron chi connectivity index (χ4n) is 2.82. The molecule has 0 spiro atoms. The first-order valence-corrected chi connectivity index (χ1v) is 7.26. The van der Waals surface area contributed by atoms with Crippen LogP contribution in [0.2, 0.25) is 5.02 Å². The highest BCUT2D eigenvalue weighted by molar-refractivity contribution is 6.36. The highest BCUT2D eigenvalue weighted by Crippen LogP contribution is 2.40. The van der Waals surface area contributed by atoms with E-state index in [0.29, 0.717) is 6.04 Å². The van der Waals surface area contributed by atoms with Crippen molar-refractivity contribution in [2.45, 2.75) is 25.8 Å². The van der Waals surface area contributed by atoms with Crippen LogP contribution in [-0.4, -0.2) is 13.2 Å². The monoisotopic (exact) mass is 275 g/mol. The SMILES string of the molecule is CCNC1CCCOc2c1cc(Cl)c1ccccc21. The van der Waals surface area contributed by atoms with E-state index in [1.807, 2.05) is 12.1 Å². The van der Waals surface area contributed by atoms with Crippen molar-refractivity contribution in [1.82, 2.24) is 5.32 Å². The van der Waals surface area contributed by atoms with Crippen molar-refractivity contribution in [2.75, 3.05) is 13.2 Å². The minimum absolute atomic E-state index is 0.338. The van der Waals surface area contributed by atoms with Gasteiger partial charge in [0.15, 0.2) is 0 Å². The van der Waals surface area contributed by atoms with Crippen molar-refractivity contribution in [1.29, 1.82) is 0 Å². The van der Waals surface area contributed by atoms with Crippen molar-refractivity contribution in [3.63, 3.8) is 0 Å². The normalized spacial score (nSPS) is 18.7. The van der Waals surface area contributed by atoms with E-state index in [1.54, 1.807) is 0 Å². The first kappa shape index (κ1) is 12.8. The molecule has 0 saturated carbocycles. The van der Waals surface area contributed by atoms with Gasteiger partial charge in [-0.2, -0.15) is 0 Å². The number of rotatable bonds is 2. The second-order valence-corrected chi connectivity index (χ2v) is 5.33. The van der Waals surface area contributed by atoms with E-state index in [2.05, 4.69) is 30.4 Å². The van der Waals surface area contributed by atoms with Crippen LogP contribution >= 0.6 is 11.6 Å². The second-order valence-electron chi connectivity index (χ2n) is 4.92. The van der Waals surface area contributed by atoms with Crippen LogP contribution < -0.4 is 10.1 Å². The molecular formula is C16H18ClNO. The Balaban J connectivity index is 2.22. The summed E-state index contributed by atoms with van der Waals surface area (Å²) in [5.41, 5.74) is 1.20. The molecule has 1 unspecified atom stereocenters. The average Bonchev–Trinajstić information content (AvgIpc) is 2.63. The fourth-order valence-corrected chi connectivity index (χ4v) is 3.10. The molecule has 19 heavy (non-hydrogen) atoms. The number of nitrogens with one attached hydrogen (secondary N) is 1. The lowest BCUT2D eigenvalue weighted by Crippen LogP contribution is -2.20. The van der Waals surface area contributed by atoms with Gasteiger partial charge < -0.3 is 10.1 Å². The van der Waals surface area contributed by atoms with Crippen molar-refractivity contribution in [3.8, 4) is 5.75 Å². The van der Waals surface area contributed by atoms with Crippen LogP contribution in [0.3, 0.4) is 0 Å². The van der Waals surface area contributed by atoms with E-state index in [9.17, 15) is 0 Å². The molecule has 3 heteroatoms. The van der Waals surface area contributed by atoms with Crippen LogP contribution in [0.25, 0.3) is 10.8 Å². The van der Waals surface area contributed by atoms with Gasteiger partial charge in [0.1, 0.15) is 5.75 Å². The van der Waals surface area contributed by atoms with Crippen molar-refractivity contribution < 1.29 is 4.74 Å². The summed E-state index contributed by atoms with van der Waals surface area (Å²) in [5, 5.41) is 6.53. The molecule has 100 valence electrons. The standard InChI is InChI=1S/C16H18ClNO/c1-2-18-15-8-5-9-19-16-12-7-4-3-6-11(12)14(17)10-13(15)16/h3-4,6-7,10,15,18H,2,5,8-9H2,1H3. The van der Waals surface area contributed by atoms with E-state index >= 15 is 0 Å². The summed E-state index contributed by atoms with van der Waals surface area (Å²) in [4.78, 5) is 0. The number of ether oxygens (including phenoxy) is 1. The molecule has 0 saturated heterocycles. The molecule has 2 aromatic rings. The van der Waals surface area contributed by atoms with Crippen LogP contribution in [0.4, 0.5) is 0 Å². The molecule has 1 N–H and O–H groups in total. The van der Waals surface area contributed by atoms with Gasteiger partial charge in [-0.25, -0.2) is 0 Å². The zero-order valence-corrected chi connectivity index (χ0v) is 11.8. The van der Waals surface area contributed by atoms with Gasteiger partial charge in [-0.15, -0.1) is 0 Å². The van der Waals surface area contributed by atoms with Crippen LogP contribution in [0, 0.1) is 0 Å². The Morgan fingerprint density at radius 3 is 2.89 bits per heavy atom. The molecule has 1 aliphatic heterocycles. The summed E-state index contributed by atoms with van der Waals surface area (Å²) < 4.78 is 5.99. The summed E-state index contributed by atoms with van der Waals surface area (Å²) in [6, 6.07) is 10.6. The molecule has 0 aliphatic carbocycles. The predicted octanol–water partition coefficient (Wildman–Crippen LogP) is 4.32. The lowest BCUT2D eigenvalue weighted by Gasteiger charge is -2.19. The van der Waals surface area contributed by atoms with Crippen LogP contribution in [-0.2, 0) is 0 Å². The fraction of sp³-hybridized carbons (Fsp3) is 0.375. The highest BCUT2D eigenvalue weighted by Gasteiger charge is 2.22. The zero-order chi connectivity index (χ0) is 13.2. The van der Waals surface area contributed by atoms with E-state index in [-0.39, 0.29) is 0 Å². The summed E-state index contributed by atoms with van der Waals surface area (Å²) in [6.45, 7) is 3.86. The van der Waals surface area contributed by atoms with Gasteiger partial charge in [0, 0.05) is 27.4 Å². The summed E-state index contributed by atoms with van der Waals surface area (Å²) in [5.74, 6) is 1.00. The largest absolute Gasteiger partial charge is 0.493 e. The minimum atomic E-state index is 0.338. The molecule has 1 atom stereocenters. The molecule has 3 rings (SSSR count). The third-order valence-corrected chi connectivity index (χ3v) is 4.00. The smallest absolute Gasteiger partial charge is 0.131 e. The third kappa shape index (κ3) is 2.31. The maximum atomic E-state index is 6.43. The molecule has 0 radical (unpaired) electrons. The molecule has 1 heterocycles. The first-order valence-electron chi connectivity index (χ1n) is 6.88. The van der Waals surface area contributed by atoms with E-state index in [0.717, 1.165) is 47.5 Å². The lowest BCUT2D eigenvalue weighted by atomic mass is 9.98. The Hall–Kier alpha value is -1.25. The van der Waals surface area contributed by atoms with E-state index in [4.69, 9.17) is 16.3 Å². The van der Waals surface area contributed by atoms with Gasteiger partial charge in [-0.3, -0.25) is 0 Å². The number of halogens is 1. The van der Waals surface area contributed by atoms with E-state index < -0.39 is 0 Å². The molecule has 0 bridgehead atoms. The number of hydrogen-bond acceptors (Lipinski definition) is 2. The maximum Gasteiger partial charge on any atom is 0.131 e. The number of fused-ring (bicyclic) bond motifs is 3. The predicted molar refractivity (Wildman–Crippen MR) is 80.1 cm³/mol. The lowest BCUT2D eigenvalue weighted by molar-refractivity contribution is 0.318. The second kappa shape index (κ2) is 5.40. The topological polar surface area (TPSA) is 21.3 Å². The quantitative estimate of drug-likeness (QED) is 0.881. The average molecular weight is 276 g/mol. The molecule has 1 aliphatic rings. The van der Waals surface area contributed by atoms with Gasteiger partial charge in [0.05, 0.1) is 6.61 Å².